The average Bonchev–Trinajstić information content (AvgIpc) is 3.19. The molecule has 2 amide bonds. The molecule has 0 aliphatic heterocycles. The van der Waals surface area contributed by atoms with E-state index >= 15 is 0 Å². The summed E-state index contributed by atoms with van der Waals surface area (Å²) in [4.78, 5) is 28.9. The van der Waals surface area contributed by atoms with Gasteiger partial charge in [-0.05, 0) is 101 Å². The van der Waals surface area contributed by atoms with Gasteiger partial charge in [-0.25, -0.2) is 14.9 Å². The van der Waals surface area contributed by atoms with Crippen LogP contribution in [0.3, 0.4) is 0 Å². The maximum absolute atomic E-state index is 12.3. The molecule has 0 fully saturated rings. The van der Waals surface area contributed by atoms with E-state index in [1.54, 1.807) is 26.8 Å². The quantitative estimate of drug-likeness (QED) is 0.259. The molecule has 4 aromatic rings. The molecule has 2 N–H and O–H groups in total. The van der Waals surface area contributed by atoms with E-state index in [9.17, 15) is 9.59 Å². The van der Waals surface area contributed by atoms with Crippen molar-refractivity contribution in [2.24, 2.45) is 0 Å². The number of halogens is 1. The van der Waals surface area contributed by atoms with E-state index in [1.807, 2.05) is 75.4 Å². The Bertz CT molecular complexity index is 1500. The number of hydrogen-bond donors (Lipinski definition) is 2. The van der Waals surface area contributed by atoms with Gasteiger partial charge in [-0.1, -0.05) is 35.9 Å². The van der Waals surface area contributed by atoms with Crippen molar-refractivity contribution in [2.45, 2.75) is 59.2 Å². The fourth-order valence-corrected chi connectivity index (χ4v) is 4.06. The van der Waals surface area contributed by atoms with Gasteiger partial charge < -0.3 is 13.9 Å². The third kappa shape index (κ3) is 7.97. The van der Waals surface area contributed by atoms with E-state index < -0.39 is 23.4 Å². The zero-order valence-corrected chi connectivity index (χ0v) is 23.6. The molecule has 1 heterocycles. The molecule has 0 unspecified atom stereocenters. The average molecular weight is 550 g/mol. The molecule has 0 aliphatic rings. The normalized spacial score (nSPS) is 11.8. The van der Waals surface area contributed by atoms with Crippen LogP contribution in [0.4, 0.5) is 21.3 Å². The van der Waals surface area contributed by atoms with Crippen molar-refractivity contribution in [2.75, 3.05) is 10.6 Å². The molecule has 0 saturated carbocycles. The van der Waals surface area contributed by atoms with E-state index in [0.29, 0.717) is 28.2 Å². The van der Waals surface area contributed by atoms with Crippen molar-refractivity contribution in [1.82, 2.24) is 4.98 Å². The van der Waals surface area contributed by atoms with Gasteiger partial charge in [-0.3, -0.25) is 5.32 Å². The van der Waals surface area contributed by atoms with Gasteiger partial charge in [0.2, 0.25) is 0 Å². The fraction of sp³-hybridized carbons (Fsp3) is 0.300. The minimum absolute atomic E-state index is 0.0391. The van der Waals surface area contributed by atoms with Crippen LogP contribution in [0.25, 0.3) is 22.2 Å². The summed E-state index contributed by atoms with van der Waals surface area (Å²) in [6.07, 6.45) is -0.571. The van der Waals surface area contributed by atoms with Crippen LogP contribution >= 0.6 is 11.6 Å². The van der Waals surface area contributed by atoms with Crippen LogP contribution in [-0.4, -0.2) is 28.4 Å². The van der Waals surface area contributed by atoms with Gasteiger partial charge in [0.05, 0.1) is 0 Å². The molecule has 204 valence electrons. The third-order valence-corrected chi connectivity index (χ3v) is 5.54. The zero-order valence-electron chi connectivity index (χ0n) is 22.8. The Morgan fingerprint density at radius 3 is 2.10 bits per heavy atom. The summed E-state index contributed by atoms with van der Waals surface area (Å²) >= 11 is 6.28. The van der Waals surface area contributed by atoms with Crippen molar-refractivity contribution in [1.29, 1.82) is 0 Å². The molecule has 3 aromatic carbocycles. The smallest absolute Gasteiger partial charge is 0.415 e. The number of rotatable bonds is 5. The molecule has 8 nitrogen and oxygen atoms in total. The van der Waals surface area contributed by atoms with Gasteiger partial charge >= 0.3 is 18.2 Å². The van der Waals surface area contributed by atoms with Crippen LogP contribution in [0.1, 0.15) is 52.7 Å². The van der Waals surface area contributed by atoms with Crippen molar-refractivity contribution in [3.63, 3.8) is 0 Å². The summed E-state index contributed by atoms with van der Waals surface area (Å²) in [6.45, 7) is 10.8. The molecule has 0 aliphatic carbocycles. The Morgan fingerprint density at radius 2 is 1.49 bits per heavy atom. The molecule has 0 atom stereocenters. The van der Waals surface area contributed by atoms with Crippen LogP contribution in [0, 0.1) is 0 Å². The Morgan fingerprint density at radius 1 is 0.846 bits per heavy atom. The SMILES string of the molecule is CC(C)(C)OC(=O)Nc1ccc(Cc2cc(-c3cccc(Cl)c3)c3nc(NC(=O)OC(C)(C)C)oc3c2)cc1. The maximum Gasteiger partial charge on any atom is 0.415 e. The highest BCUT2D eigenvalue weighted by atomic mass is 35.5. The molecule has 0 bridgehead atoms. The molecular weight excluding hydrogens is 518 g/mol. The third-order valence-electron chi connectivity index (χ3n) is 5.31. The number of oxazole rings is 1. The number of ether oxygens (including phenoxy) is 2. The van der Waals surface area contributed by atoms with Gasteiger partial charge in [0.1, 0.15) is 16.7 Å². The van der Waals surface area contributed by atoms with Crippen LogP contribution in [-0.2, 0) is 15.9 Å². The van der Waals surface area contributed by atoms with Crippen molar-refractivity contribution in [3.05, 3.63) is 76.8 Å². The summed E-state index contributed by atoms with van der Waals surface area (Å²) in [5, 5.41) is 5.91. The molecule has 0 spiro atoms. The minimum Gasteiger partial charge on any atom is -0.444 e. The molecular formula is C30H32ClN3O5. The fourth-order valence-electron chi connectivity index (χ4n) is 3.87. The van der Waals surface area contributed by atoms with Gasteiger partial charge in [0, 0.05) is 16.3 Å². The van der Waals surface area contributed by atoms with Crippen molar-refractivity contribution in [3.8, 4) is 11.1 Å². The number of carbonyl (C=O) groups excluding carboxylic acids is 2. The molecule has 0 radical (unpaired) electrons. The highest BCUT2D eigenvalue weighted by Gasteiger charge is 2.20. The van der Waals surface area contributed by atoms with Gasteiger partial charge in [-0.2, -0.15) is 4.98 Å². The topological polar surface area (TPSA) is 103 Å². The second-order valence-corrected chi connectivity index (χ2v) is 11.6. The zero-order chi connectivity index (χ0) is 28.4. The first-order valence-electron chi connectivity index (χ1n) is 12.5. The number of benzene rings is 3. The van der Waals surface area contributed by atoms with E-state index in [-0.39, 0.29) is 6.01 Å². The number of hydrogen-bond acceptors (Lipinski definition) is 6. The number of fused-ring (bicyclic) bond motifs is 1. The Kier molecular flexibility index (Phi) is 7.88. The lowest BCUT2D eigenvalue weighted by Crippen LogP contribution is -2.27. The second-order valence-electron chi connectivity index (χ2n) is 11.1. The lowest BCUT2D eigenvalue weighted by atomic mass is 9.98. The number of anilines is 2. The lowest BCUT2D eigenvalue weighted by molar-refractivity contribution is 0.0622. The van der Waals surface area contributed by atoms with Crippen LogP contribution in [0.15, 0.2) is 65.1 Å². The summed E-state index contributed by atoms with van der Waals surface area (Å²) in [7, 11) is 0. The van der Waals surface area contributed by atoms with E-state index in [4.69, 9.17) is 25.5 Å². The Labute approximate surface area is 232 Å². The number of aromatic nitrogens is 1. The lowest BCUT2D eigenvalue weighted by Gasteiger charge is -2.19. The molecule has 0 saturated heterocycles. The van der Waals surface area contributed by atoms with Crippen LogP contribution in [0.2, 0.25) is 5.02 Å². The highest BCUT2D eigenvalue weighted by molar-refractivity contribution is 6.30. The van der Waals surface area contributed by atoms with E-state index in [1.165, 1.54) is 0 Å². The minimum atomic E-state index is -0.660. The number of nitrogens with zero attached hydrogens (tertiary/aromatic N) is 1. The predicted molar refractivity (Wildman–Crippen MR) is 153 cm³/mol. The molecule has 9 heteroatoms. The van der Waals surface area contributed by atoms with E-state index in [0.717, 1.165) is 22.3 Å². The molecule has 4 rings (SSSR count). The first-order chi connectivity index (χ1) is 18.2. The first kappa shape index (κ1) is 28.0. The molecule has 1 aromatic heterocycles. The van der Waals surface area contributed by atoms with Gasteiger partial charge in [0.25, 0.3) is 0 Å². The monoisotopic (exact) mass is 549 g/mol. The van der Waals surface area contributed by atoms with Crippen molar-refractivity contribution >= 4 is 46.6 Å². The Hall–Kier alpha value is -4.04. The predicted octanol–water partition coefficient (Wildman–Crippen LogP) is 8.43. The summed E-state index contributed by atoms with van der Waals surface area (Å²) in [5.41, 5.74) is 4.16. The van der Waals surface area contributed by atoms with Crippen molar-refractivity contribution < 1.29 is 23.5 Å². The maximum atomic E-state index is 12.3. The van der Waals surface area contributed by atoms with Crippen LogP contribution in [0.5, 0.6) is 0 Å². The number of carbonyl (C=O) groups is 2. The molecule has 39 heavy (non-hydrogen) atoms. The largest absolute Gasteiger partial charge is 0.444 e. The first-order valence-corrected chi connectivity index (χ1v) is 12.9. The van der Waals surface area contributed by atoms with Gasteiger partial charge in [0.15, 0.2) is 5.58 Å². The highest BCUT2D eigenvalue weighted by Crippen LogP contribution is 2.34. The van der Waals surface area contributed by atoms with Crippen LogP contribution < -0.4 is 10.6 Å². The summed E-state index contributed by atoms with van der Waals surface area (Å²) in [6, 6.07) is 19.0. The van der Waals surface area contributed by atoms with E-state index in [2.05, 4.69) is 15.6 Å². The summed E-state index contributed by atoms with van der Waals surface area (Å²) in [5.74, 6) is 0. The summed E-state index contributed by atoms with van der Waals surface area (Å²) < 4.78 is 16.5. The Balaban J connectivity index is 1.62. The standard InChI is InChI=1S/C30H32ClN3O5/c1-29(2,3)38-27(35)32-22-12-10-18(11-13-22)14-19-15-23(20-8-7-9-21(31)17-20)25-24(16-19)37-26(33-25)34-28(36)39-30(4,5)6/h7-13,15-17H,14H2,1-6H3,(H,32,35)(H,33,34,36). The number of nitrogens with one attached hydrogen (secondary N) is 2. The number of amides is 2. The van der Waals surface area contributed by atoms with Gasteiger partial charge in [-0.15, -0.1) is 0 Å². The second kappa shape index (κ2) is 11.0.